The van der Waals surface area contributed by atoms with Gasteiger partial charge in [0.2, 0.25) is 0 Å². The van der Waals surface area contributed by atoms with Crippen molar-refractivity contribution >= 4 is 9.84 Å². The highest BCUT2D eigenvalue weighted by Gasteiger charge is 2.61. The molecule has 3 atom stereocenters. The van der Waals surface area contributed by atoms with E-state index in [1.807, 2.05) is 0 Å². The Balaban J connectivity index is 2.64. The first-order valence-electron chi connectivity index (χ1n) is 6.41. The maximum Gasteiger partial charge on any atom is 0.165 e. The molecule has 0 aromatic carbocycles. The summed E-state index contributed by atoms with van der Waals surface area (Å²) in [7, 11) is -3.30. The number of sulfone groups is 1. The maximum absolute atomic E-state index is 13.0. The van der Waals surface area contributed by atoms with Gasteiger partial charge in [-0.1, -0.05) is 24.8 Å². The van der Waals surface area contributed by atoms with E-state index < -0.39 is 19.3 Å². The normalized spacial score (nSPS) is 35.2. The van der Waals surface area contributed by atoms with Crippen LogP contribution in [0.15, 0.2) is 37.0 Å². The third kappa shape index (κ3) is 1.43. The lowest BCUT2D eigenvalue weighted by Gasteiger charge is -2.41. The van der Waals surface area contributed by atoms with Crippen LogP contribution in [0, 0.1) is 11.8 Å². The third-order valence-corrected chi connectivity index (χ3v) is 7.71. The van der Waals surface area contributed by atoms with E-state index in [1.165, 1.54) is 0 Å². The highest BCUT2D eigenvalue weighted by Crippen LogP contribution is 2.57. The Kier molecular flexibility index (Phi) is 2.89. The smallest absolute Gasteiger partial charge is 0.165 e. The average molecular weight is 266 g/mol. The van der Waals surface area contributed by atoms with Crippen LogP contribution in [0.4, 0.5) is 0 Å². The molecule has 2 nitrogen and oxygen atoms in total. The number of hydrogen-bond acceptors (Lipinski definition) is 2. The zero-order valence-electron chi connectivity index (χ0n) is 11.4. The first kappa shape index (κ1) is 13.6. The van der Waals surface area contributed by atoms with Crippen molar-refractivity contribution in [3.63, 3.8) is 0 Å². The number of fused-ring (bicyclic) bond motifs is 2. The monoisotopic (exact) mass is 266 g/mol. The molecule has 0 aromatic rings. The first-order chi connectivity index (χ1) is 8.18. The summed E-state index contributed by atoms with van der Waals surface area (Å²) in [5.74, 6) is 0.296. The second-order valence-electron chi connectivity index (χ2n) is 6.36. The molecule has 18 heavy (non-hydrogen) atoms. The molecule has 0 aromatic heterocycles. The van der Waals surface area contributed by atoms with Gasteiger partial charge in [-0.3, -0.25) is 0 Å². The minimum Gasteiger partial charge on any atom is -0.227 e. The first-order valence-corrected chi connectivity index (χ1v) is 7.89. The SMILES string of the molecule is C=CC[C@@]1(S(=O)(=O)C(C)(C)C)C(=C)[C@H]2C=C[C@@H]1C2. The summed E-state index contributed by atoms with van der Waals surface area (Å²) in [6.45, 7) is 13.2. The topological polar surface area (TPSA) is 34.1 Å². The molecule has 1 fully saturated rings. The molecule has 0 unspecified atom stereocenters. The van der Waals surface area contributed by atoms with E-state index in [1.54, 1.807) is 26.8 Å². The van der Waals surface area contributed by atoms with E-state index in [4.69, 9.17) is 0 Å². The van der Waals surface area contributed by atoms with Gasteiger partial charge in [-0.25, -0.2) is 8.42 Å². The average Bonchev–Trinajstić information content (AvgIpc) is 2.79. The maximum atomic E-state index is 13.0. The van der Waals surface area contributed by atoms with Gasteiger partial charge < -0.3 is 0 Å². The molecular weight excluding hydrogens is 244 g/mol. The lowest BCUT2D eigenvalue weighted by Crippen LogP contribution is -2.51. The van der Waals surface area contributed by atoms with Crippen LogP contribution in [0.2, 0.25) is 0 Å². The largest absolute Gasteiger partial charge is 0.227 e. The Morgan fingerprint density at radius 3 is 2.44 bits per heavy atom. The molecule has 0 saturated heterocycles. The minimum atomic E-state index is -3.30. The molecule has 0 amide bonds. The van der Waals surface area contributed by atoms with Crippen LogP contribution in [0.25, 0.3) is 0 Å². The summed E-state index contributed by atoms with van der Waals surface area (Å²) in [5, 5.41) is 0. The molecule has 2 aliphatic carbocycles. The number of hydrogen-bond donors (Lipinski definition) is 0. The Morgan fingerprint density at radius 1 is 1.44 bits per heavy atom. The molecule has 0 spiro atoms. The van der Waals surface area contributed by atoms with Crippen molar-refractivity contribution in [2.24, 2.45) is 11.8 Å². The minimum absolute atomic E-state index is 0.0669. The Labute approximate surface area is 110 Å². The molecule has 0 N–H and O–H groups in total. The van der Waals surface area contributed by atoms with Crippen molar-refractivity contribution in [1.82, 2.24) is 0 Å². The van der Waals surface area contributed by atoms with Crippen LogP contribution in [-0.2, 0) is 9.84 Å². The van der Waals surface area contributed by atoms with Gasteiger partial charge in [0.25, 0.3) is 0 Å². The third-order valence-electron chi connectivity index (χ3n) is 4.41. The van der Waals surface area contributed by atoms with Crippen molar-refractivity contribution in [2.75, 3.05) is 0 Å². The van der Waals surface area contributed by atoms with E-state index in [0.29, 0.717) is 6.42 Å². The fraction of sp³-hybridized carbons (Fsp3) is 0.600. The zero-order chi connectivity index (χ0) is 13.8. The lowest BCUT2D eigenvalue weighted by molar-refractivity contribution is 0.473. The van der Waals surface area contributed by atoms with Crippen molar-refractivity contribution in [3.8, 4) is 0 Å². The van der Waals surface area contributed by atoms with Crippen molar-refractivity contribution in [2.45, 2.75) is 43.1 Å². The van der Waals surface area contributed by atoms with Gasteiger partial charge in [0.1, 0.15) is 4.75 Å². The molecule has 1 saturated carbocycles. The molecule has 3 heteroatoms. The molecule has 100 valence electrons. The Morgan fingerprint density at radius 2 is 2.06 bits per heavy atom. The van der Waals surface area contributed by atoms with Gasteiger partial charge in [0, 0.05) is 5.92 Å². The van der Waals surface area contributed by atoms with Gasteiger partial charge in [0.15, 0.2) is 9.84 Å². The van der Waals surface area contributed by atoms with Gasteiger partial charge in [-0.05, 0) is 45.1 Å². The van der Waals surface area contributed by atoms with Gasteiger partial charge >= 0.3 is 0 Å². The van der Waals surface area contributed by atoms with E-state index >= 15 is 0 Å². The quantitative estimate of drug-likeness (QED) is 0.735. The van der Waals surface area contributed by atoms with Gasteiger partial charge in [-0.15, -0.1) is 6.58 Å². The van der Waals surface area contributed by atoms with E-state index in [0.717, 1.165) is 12.0 Å². The summed E-state index contributed by atoms with van der Waals surface area (Å²) >= 11 is 0. The van der Waals surface area contributed by atoms with Crippen molar-refractivity contribution < 1.29 is 8.42 Å². The molecule has 0 heterocycles. The van der Waals surface area contributed by atoms with Gasteiger partial charge in [0.05, 0.1) is 4.75 Å². The Hall–Kier alpha value is -0.830. The molecule has 2 rings (SSSR count). The summed E-state index contributed by atoms with van der Waals surface area (Å²) < 4.78 is 24.5. The zero-order valence-corrected chi connectivity index (χ0v) is 12.3. The van der Waals surface area contributed by atoms with E-state index in [2.05, 4.69) is 25.3 Å². The standard InChI is InChI=1S/C15H22O2S/c1-6-9-15(18(16,17)14(3,4)5)11(2)12-7-8-13(15)10-12/h6-8,12-13H,1-2,9-10H2,3-5H3/t12-,13+,15+/m0/s1. The van der Waals surface area contributed by atoms with Crippen molar-refractivity contribution in [1.29, 1.82) is 0 Å². The lowest BCUT2D eigenvalue weighted by atomic mass is 9.86. The highest BCUT2D eigenvalue weighted by molar-refractivity contribution is 7.94. The fourth-order valence-corrected chi connectivity index (χ4v) is 5.88. The molecule has 0 aliphatic heterocycles. The predicted octanol–water partition coefficient (Wildman–Crippen LogP) is 3.28. The second kappa shape index (κ2) is 3.83. The molecule has 0 radical (unpaired) electrons. The highest BCUT2D eigenvalue weighted by atomic mass is 32.2. The van der Waals surface area contributed by atoms with Crippen LogP contribution >= 0.6 is 0 Å². The summed E-state index contributed by atoms with van der Waals surface area (Å²) in [6.07, 6.45) is 7.25. The van der Waals surface area contributed by atoms with Crippen LogP contribution in [-0.4, -0.2) is 17.9 Å². The predicted molar refractivity (Wildman–Crippen MR) is 76.1 cm³/mol. The van der Waals surface area contributed by atoms with Gasteiger partial charge in [-0.2, -0.15) is 0 Å². The summed E-state index contributed by atoms with van der Waals surface area (Å²) in [6, 6.07) is 0. The Bertz CT molecular complexity index is 519. The summed E-state index contributed by atoms with van der Waals surface area (Å²) in [5.41, 5.74) is 0.866. The molecular formula is C15H22O2S. The van der Waals surface area contributed by atoms with E-state index in [9.17, 15) is 8.42 Å². The van der Waals surface area contributed by atoms with Crippen LogP contribution in [0.5, 0.6) is 0 Å². The van der Waals surface area contributed by atoms with Crippen LogP contribution < -0.4 is 0 Å². The van der Waals surface area contributed by atoms with E-state index in [-0.39, 0.29) is 11.8 Å². The van der Waals surface area contributed by atoms with Crippen LogP contribution in [0.1, 0.15) is 33.6 Å². The summed E-state index contributed by atoms with van der Waals surface area (Å²) in [4.78, 5) is 0. The number of rotatable bonds is 3. The molecule has 2 bridgehead atoms. The fourth-order valence-electron chi connectivity index (χ4n) is 3.38. The second-order valence-corrected chi connectivity index (χ2v) is 9.32. The van der Waals surface area contributed by atoms with Crippen molar-refractivity contribution in [3.05, 3.63) is 37.0 Å². The van der Waals surface area contributed by atoms with Crippen LogP contribution in [0.3, 0.4) is 0 Å². The molecule has 2 aliphatic rings. The number of allylic oxidation sites excluding steroid dienone is 3.